The minimum atomic E-state index is -1.35. The van der Waals surface area contributed by atoms with E-state index in [4.69, 9.17) is 0 Å². The maximum absolute atomic E-state index is 13.1. The Kier molecular flexibility index (Phi) is 8.17. The largest absolute Gasteiger partial charge is 0.344 e. The van der Waals surface area contributed by atoms with Crippen LogP contribution in [0.15, 0.2) is 24.3 Å². The van der Waals surface area contributed by atoms with Gasteiger partial charge in [0.15, 0.2) is 6.04 Å². The van der Waals surface area contributed by atoms with Crippen molar-refractivity contribution in [3.63, 3.8) is 0 Å². The molecule has 1 aromatic carbocycles. The normalized spacial score (nSPS) is 18.3. The number of nitrogens with zero attached hydrogens (tertiary/aromatic N) is 2. The summed E-state index contributed by atoms with van der Waals surface area (Å²) in [5, 5.41) is 5.46. The van der Waals surface area contributed by atoms with E-state index in [0.717, 1.165) is 25.7 Å². The van der Waals surface area contributed by atoms with Crippen molar-refractivity contribution in [3.8, 4) is 0 Å². The van der Waals surface area contributed by atoms with Crippen molar-refractivity contribution in [2.75, 3.05) is 35.9 Å². The van der Waals surface area contributed by atoms with Crippen molar-refractivity contribution >= 4 is 46.8 Å². The fraction of sp³-hybridized carbons (Fsp3) is 0.565. The van der Waals surface area contributed by atoms with Crippen LogP contribution in [0, 0.1) is 5.92 Å². The molecule has 0 spiro atoms. The second-order valence-corrected chi connectivity index (χ2v) is 9.47. The molecule has 9 heteroatoms. The fourth-order valence-corrected chi connectivity index (χ4v) is 4.83. The maximum atomic E-state index is 13.1. The predicted octanol–water partition coefficient (Wildman–Crippen LogP) is 1.93. The second kappa shape index (κ2) is 10.8. The van der Waals surface area contributed by atoms with E-state index in [1.807, 2.05) is 6.26 Å². The Bertz CT molecular complexity index is 830. The van der Waals surface area contributed by atoms with Crippen LogP contribution in [0.2, 0.25) is 0 Å². The number of para-hydroxylation sites is 2. The lowest BCUT2D eigenvalue weighted by Gasteiger charge is -2.24. The van der Waals surface area contributed by atoms with Gasteiger partial charge in [-0.15, -0.1) is 0 Å². The molecule has 1 atom stereocenters. The van der Waals surface area contributed by atoms with Crippen molar-refractivity contribution in [2.45, 2.75) is 50.6 Å². The first-order valence-corrected chi connectivity index (χ1v) is 12.5. The third kappa shape index (κ3) is 5.43. The molecule has 8 nitrogen and oxygen atoms in total. The van der Waals surface area contributed by atoms with Gasteiger partial charge in [0, 0.05) is 20.5 Å². The summed E-state index contributed by atoms with van der Waals surface area (Å²) in [7, 11) is 3.17. The molecule has 2 N–H and O–H groups in total. The molecule has 1 aromatic rings. The van der Waals surface area contributed by atoms with Gasteiger partial charge in [0.1, 0.15) is 6.04 Å². The van der Waals surface area contributed by atoms with Crippen LogP contribution in [0.4, 0.5) is 11.4 Å². The number of amides is 4. The molecule has 0 aromatic heterocycles. The molecule has 0 saturated heterocycles. The topological polar surface area (TPSA) is 98.8 Å². The van der Waals surface area contributed by atoms with Crippen molar-refractivity contribution in [1.82, 2.24) is 10.6 Å². The molecule has 1 fully saturated rings. The number of nitrogens with one attached hydrogen (secondary N) is 2. The zero-order valence-corrected chi connectivity index (χ0v) is 19.7. The Hall–Kier alpha value is -2.55. The van der Waals surface area contributed by atoms with E-state index in [0.29, 0.717) is 35.9 Å². The molecule has 174 valence electrons. The number of hydrogen-bond donors (Lipinski definition) is 2. The molecular weight excluding hydrogens is 428 g/mol. The summed E-state index contributed by atoms with van der Waals surface area (Å²) in [5.41, 5.74) is 1.18. The van der Waals surface area contributed by atoms with Gasteiger partial charge in [0.25, 0.3) is 11.8 Å². The number of thioether (sulfide) groups is 1. The molecule has 1 aliphatic heterocycles. The highest BCUT2D eigenvalue weighted by Gasteiger charge is 2.39. The van der Waals surface area contributed by atoms with Gasteiger partial charge in [-0.05, 0) is 49.3 Å². The molecule has 4 amide bonds. The first kappa shape index (κ1) is 24.1. The van der Waals surface area contributed by atoms with Crippen LogP contribution >= 0.6 is 11.8 Å². The first-order valence-electron chi connectivity index (χ1n) is 11.1. The highest BCUT2D eigenvalue weighted by Crippen LogP contribution is 2.31. The Morgan fingerprint density at radius 2 is 1.62 bits per heavy atom. The maximum Gasteiger partial charge on any atom is 0.259 e. The second-order valence-electron chi connectivity index (χ2n) is 8.48. The number of carbonyl (C=O) groups is 4. The van der Waals surface area contributed by atoms with Crippen LogP contribution in [0.1, 0.15) is 38.5 Å². The van der Waals surface area contributed by atoms with Crippen LogP contribution in [0.5, 0.6) is 0 Å². The molecule has 1 saturated carbocycles. The number of anilines is 2. The number of hydrogen-bond acceptors (Lipinski definition) is 5. The summed E-state index contributed by atoms with van der Waals surface area (Å²) in [4.78, 5) is 54.6. The van der Waals surface area contributed by atoms with Gasteiger partial charge in [0.2, 0.25) is 11.8 Å². The Labute approximate surface area is 193 Å². The van der Waals surface area contributed by atoms with E-state index >= 15 is 0 Å². The zero-order valence-electron chi connectivity index (χ0n) is 18.9. The highest BCUT2D eigenvalue weighted by molar-refractivity contribution is 7.98. The van der Waals surface area contributed by atoms with Gasteiger partial charge in [-0.1, -0.05) is 25.0 Å². The molecule has 2 aliphatic rings. The number of rotatable bonds is 8. The third-order valence-electron chi connectivity index (χ3n) is 6.26. The quantitative estimate of drug-likeness (QED) is 0.578. The van der Waals surface area contributed by atoms with Gasteiger partial charge in [0.05, 0.1) is 11.4 Å². The molecule has 32 heavy (non-hydrogen) atoms. The standard InChI is InChI=1S/C23H32N4O4S/c1-26-17-10-6-7-11-18(17)27(2)23(31)20(22(26)30)25-21(29)16(12-13-32-3)24-19(28)14-15-8-4-5-9-15/h6-7,10-11,15-16,20H,4-5,8-9,12-14H2,1-3H3,(H,24,28)(H,25,29)/t16-/m0/s1. The highest BCUT2D eigenvalue weighted by atomic mass is 32.2. The third-order valence-corrected chi connectivity index (χ3v) is 6.90. The monoisotopic (exact) mass is 460 g/mol. The zero-order chi connectivity index (χ0) is 23.3. The summed E-state index contributed by atoms with van der Waals surface area (Å²) in [6.07, 6.45) is 7.12. The van der Waals surface area contributed by atoms with Gasteiger partial charge in [-0.25, -0.2) is 0 Å². The molecule has 0 bridgehead atoms. The lowest BCUT2D eigenvalue weighted by Crippen LogP contribution is -2.58. The summed E-state index contributed by atoms with van der Waals surface area (Å²) in [6, 6.07) is 4.94. The van der Waals surface area contributed by atoms with Crippen molar-refractivity contribution in [1.29, 1.82) is 0 Å². The lowest BCUT2D eigenvalue weighted by molar-refractivity contribution is -0.135. The summed E-state index contributed by atoms with van der Waals surface area (Å²) < 4.78 is 0. The lowest BCUT2D eigenvalue weighted by atomic mass is 10.0. The SMILES string of the molecule is CSCC[C@H](NC(=O)CC1CCCC1)C(=O)NC1C(=O)N(C)c2ccccc2N(C)C1=O. The summed E-state index contributed by atoms with van der Waals surface area (Å²) in [5.74, 6) is -0.664. The van der Waals surface area contributed by atoms with Crippen molar-refractivity contribution < 1.29 is 19.2 Å². The Morgan fingerprint density at radius 3 is 2.16 bits per heavy atom. The number of likely N-dealkylation sites (N-methyl/N-ethyl adjacent to an activating group) is 2. The van der Waals surface area contributed by atoms with E-state index in [1.54, 1.807) is 50.1 Å². The molecule has 0 radical (unpaired) electrons. The predicted molar refractivity (Wildman–Crippen MR) is 127 cm³/mol. The van der Waals surface area contributed by atoms with E-state index in [1.165, 1.54) is 9.80 Å². The van der Waals surface area contributed by atoms with Crippen molar-refractivity contribution in [2.24, 2.45) is 5.92 Å². The van der Waals surface area contributed by atoms with E-state index in [9.17, 15) is 19.2 Å². The molecule has 1 heterocycles. The number of carbonyl (C=O) groups excluding carboxylic acids is 4. The molecule has 0 unspecified atom stereocenters. The number of benzene rings is 1. The van der Waals surface area contributed by atoms with E-state index in [-0.39, 0.29) is 5.91 Å². The van der Waals surface area contributed by atoms with Crippen LogP contribution < -0.4 is 20.4 Å². The fourth-order valence-electron chi connectivity index (χ4n) is 4.36. The van der Waals surface area contributed by atoms with Crippen molar-refractivity contribution in [3.05, 3.63) is 24.3 Å². The van der Waals surface area contributed by atoms with Gasteiger partial charge >= 0.3 is 0 Å². The van der Waals surface area contributed by atoms with Crippen LogP contribution in [-0.2, 0) is 19.2 Å². The average molecular weight is 461 g/mol. The molecule has 1 aliphatic carbocycles. The number of fused-ring (bicyclic) bond motifs is 1. The first-order chi connectivity index (χ1) is 15.3. The van der Waals surface area contributed by atoms with Crippen LogP contribution in [0.3, 0.4) is 0 Å². The van der Waals surface area contributed by atoms with E-state index in [2.05, 4.69) is 10.6 Å². The Balaban J connectivity index is 1.73. The minimum absolute atomic E-state index is 0.154. The smallest absolute Gasteiger partial charge is 0.259 e. The van der Waals surface area contributed by atoms with Gasteiger partial charge in [-0.3, -0.25) is 19.2 Å². The van der Waals surface area contributed by atoms with Crippen LogP contribution in [0.25, 0.3) is 0 Å². The van der Waals surface area contributed by atoms with Crippen LogP contribution in [-0.4, -0.2) is 61.8 Å². The van der Waals surface area contributed by atoms with E-state index < -0.39 is 29.8 Å². The van der Waals surface area contributed by atoms with Gasteiger partial charge in [-0.2, -0.15) is 11.8 Å². The summed E-state index contributed by atoms with van der Waals surface area (Å²) >= 11 is 1.57. The molecular formula is C23H32N4O4S. The summed E-state index contributed by atoms with van der Waals surface area (Å²) in [6.45, 7) is 0. The van der Waals surface area contributed by atoms with Gasteiger partial charge < -0.3 is 20.4 Å². The average Bonchev–Trinajstić information content (AvgIpc) is 3.29. The molecule has 3 rings (SSSR count). The minimum Gasteiger partial charge on any atom is -0.344 e. The Morgan fingerprint density at radius 1 is 1.06 bits per heavy atom.